The van der Waals surface area contributed by atoms with Gasteiger partial charge in [-0.2, -0.15) is 0 Å². The van der Waals surface area contributed by atoms with E-state index in [4.69, 9.17) is 0 Å². The van der Waals surface area contributed by atoms with E-state index in [1.165, 1.54) is 48.8 Å². The molecule has 1 amide bonds. The SMILES string of the molecule is CC(NC(=O)CN1CCCC1CN1CCCC1CO)c1ccc2c(c1)CCCC2. The van der Waals surface area contributed by atoms with E-state index in [0.29, 0.717) is 18.6 Å². The minimum Gasteiger partial charge on any atom is -0.395 e. The third kappa shape index (κ3) is 5.01. The third-order valence-corrected chi connectivity index (χ3v) is 7.25. The molecule has 5 nitrogen and oxygen atoms in total. The third-order valence-electron chi connectivity index (χ3n) is 7.25. The summed E-state index contributed by atoms with van der Waals surface area (Å²) < 4.78 is 0. The van der Waals surface area contributed by atoms with Crippen LogP contribution in [0.4, 0.5) is 0 Å². The number of aliphatic hydroxyl groups is 1. The van der Waals surface area contributed by atoms with Crippen LogP contribution in [0.2, 0.25) is 0 Å². The second-order valence-corrected chi connectivity index (χ2v) is 9.26. The maximum absolute atomic E-state index is 12.8. The molecule has 1 aromatic rings. The van der Waals surface area contributed by atoms with Crippen LogP contribution in [-0.2, 0) is 17.6 Å². The van der Waals surface area contributed by atoms with Gasteiger partial charge >= 0.3 is 0 Å². The van der Waals surface area contributed by atoms with E-state index in [9.17, 15) is 9.90 Å². The van der Waals surface area contributed by atoms with Gasteiger partial charge in [0.2, 0.25) is 5.91 Å². The molecule has 0 radical (unpaired) electrons. The summed E-state index contributed by atoms with van der Waals surface area (Å²) in [5.74, 6) is 0.127. The Morgan fingerprint density at radius 1 is 1.07 bits per heavy atom. The number of nitrogens with zero attached hydrogens (tertiary/aromatic N) is 2. The smallest absolute Gasteiger partial charge is 0.234 e. The molecular formula is C24H37N3O2. The number of aliphatic hydroxyl groups excluding tert-OH is 1. The highest BCUT2D eigenvalue weighted by atomic mass is 16.3. The number of carbonyl (C=O) groups is 1. The number of fused-ring (bicyclic) bond motifs is 1. The Morgan fingerprint density at radius 2 is 1.79 bits per heavy atom. The lowest BCUT2D eigenvalue weighted by molar-refractivity contribution is -0.123. The van der Waals surface area contributed by atoms with Crippen LogP contribution >= 0.6 is 0 Å². The Labute approximate surface area is 175 Å². The van der Waals surface area contributed by atoms with Gasteiger partial charge in [0.25, 0.3) is 0 Å². The molecule has 5 heteroatoms. The Morgan fingerprint density at radius 3 is 2.59 bits per heavy atom. The molecule has 2 saturated heterocycles. The van der Waals surface area contributed by atoms with Crippen LogP contribution < -0.4 is 5.32 Å². The summed E-state index contributed by atoms with van der Waals surface area (Å²) in [6, 6.07) is 7.56. The number of carbonyl (C=O) groups excluding carboxylic acids is 1. The van der Waals surface area contributed by atoms with E-state index in [-0.39, 0.29) is 18.6 Å². The molecule has 3 unspecified atom stereocenters. The van der Waals surface area contributed by atoms with Crippen LogP contribution in [0.1, 0.15) is 68.2 Å². The first-order valence-electron chi connectivity index (χ1n) is 11.6. The predicted molar refractivity (Wildman–Crippen MR) is 116 cm³/mol. The molecule has 2 aliphatic heterocycles. The topological polar surface area (TPSA) is 55.8 Å². The zero-order chi connectivity index (χ0) is 20.2. The van der Waals surface area contributed by atoms with Gasteiger partial charge in [0.15, 0.2) is 0 Å². The van der Waals surface area contributed by atoms with Crippen molar-refractivity contribution in [1.82, 2.24) is 15.1 Å². The molecule has 29 heavy (non-hydrogen) atoms. The van der Waals surface area contributed by atoms with E-state index >= 15 is 0 Å². The number of likely N-dealkylation sites (tertiary alicyclic amines) is 2. The number of benzene rings is 1. The Bertz CT molecular complexity index is 707. The van der Waals surface area contributed by atoms with Gasteiger partial charge < -0.3 is 10.4 Å². The average Bonchev–Trinajstić information content (AvgIpc) is 3.37. The Hall–Kier alpha value is -1.43. The number of hydrogen-bond acceptors (Lipinski definition) is 4. The molecule has 3 aliphatic rings. The van der Waals surface area contributed by atoms with Gasteiger partial charge in [-0.3, -0.25) is 14.6 Å². The van der Waals surface area contributed by atoms with E-state index < -0.39 is 0 Å². The summed E-state index contributed by atoms with van der Waals surface area (Å²) in [5.41, 5.74) is 4.18. The molecule has 3 atom stereocenters. The first kappa shape index (κ1) is 20.8. The van der Waals surface area contributed by atoms with Gasteiger partial charge in [0, 0.05) is 18.6 Å². The molecule has 1 aromatic carbocycles. The van der Waals surface area contributed by atoms with Crippen molar-refractivity contribution in [3.05, 3.63) is 34.9 Å². The highest BCUT2D eigenvalue weighted by Gasteiger charge is 2.32. The first-order chi connectivity index (χ1) is 14.1. The standard InChI is InChI=1S/C24H37N3O2/c1-18(20-11-10-19-6-2-3-7-21(19)14-20)25-24(29)16-27-13-4-8-22(27)15-26-12-5-9-23(26)17-28/h10-11,14,18,22-23,28H,2-9,12-13,15-17H2,1H3,(H,25,29). The predicted octanol–water partition coefficient (Wildman–Crippen LogP) is 2.66. The largest absolute Gasteiger partial charge is 0.395 e. The fourth-order valence-corrected chi connectivity index (χ4v) is 5.50. The van der Waals surface area contributed by atoms with Gasteiger partial charge in [-0.15, -0.1) is 0 Å². The Balaban J connectivity index is 1.30. The van der Waals surface area contributed by atoms with E-state index in [0.717, 1.165) is 38.9 Å². The quantitative estimate of drug-likeness (QED) is 0.740. The molecule has 160 valence electrons. The molecule has 2 heterocycles. The van der Waals surface area contributed by atoms with Crippen LogP contribution in [-0.4, -0.2) is 65.7 Å². The van der Waals surface area contributed by atoms with Crippen LogP contribution in [0.5, 0.6) is 0 Å². The Kier molecular flexibility index (Phi) is 6.88. The van der Waals surface area contributed by atoms with Crippen LogP contribution in [0.25, 0.3) is 0 Å². The molecule has 0 bridgehead atoms. The maximum atomic E-state index is 12.8. The van der Waals surface area contributed by atoms with Gasteiger partial charge in [0.1, 0.15) is 0 Å². The summed E-state index contributed by atoms with van der Waals surface area (Å²) in [5, 5.41) is 12.8. The van der Waals surface area contributed by atoms with Gasteiger partial charge in [-0.05, 0) is 88.1 Å². The van der Waals surface area contributed by atoms with Crippen LogP contribution in [0, 0.1) is 0 Å². The van der Waals surface area contributed by atoms with Crippen LogP contribution in [0.15, 0.2) is 18.2 Å². The summed E-state index contributed by atoms with van der Waals surface area (Å²) >= 11 is 0. The van der Waals surface area contributed by atoms with Crippen molar-refractivity contribution in [2.75, 3.05) is 32.8 Å². The number of nitrogens with one attached hydrogen (secondary N) is 1. The van der Waals surface area contributed by atoms with Gasteiger partial charge in [0.05, 0.1) is 19.2 Å². The summed E-state index contributed by atoms with van der Waals surface area (Å²) in [4.78, 5) is 17.5. The lowest BCUT2D eigenvalue weighted by Gasteiger charge is -2.31. The monoisotopic (exact) mass is 399 g/mol. The molecule has 0 saturated carbocycles. The van der Waals surface area contributed by atoms with Crippen molar-refractivity contribution in [3.8, 4) is 0 Å². The highest BCUT2D eigenvalue weighted by Crippen LogP contribution is 2.25. The summed E-state index contributed by atoms with van der Waals surface area (Å²) in [6.45, 7) is 5.90. The highest BCUT2D eigenvalue weighted by molar-refractivity contribution is 5.78. The number of amides is 1. The van der Waals surface area contributed by atoms with Crippen molar-refractivity contribution in [3.63, 3.8) is 0 Å². The second kappa shape index (κ2) is 9.59. The number of hydrogen-bond donors (Lipinski definition) is 2. The molecule has 2 N–H and O–H groups in total. The first-order valence-corrected chi connectivity index (χ1v) is 11.6. The van der Waals surface area contributed by atoms with E-state index in [2.05, 4.69) is 40.2 Å². The zero-order valence-corrected chi connectivity index (χ0v) is 17.9. The molecule has 2 fully saturated rings. The molecule has 4 rings (SSSR count). The number of rotatable bonds is 7. The van der Waals surface area contributed by atoms with Crippen molar-refractivity contribution in [2.45, 2.75) is 76.4 Å². The number of aryl methyl sites for hydroxylation is 2. The summed E-state index contributed by atoms with van der Waals surface area (Å²) in [7, 11) is 0. The zero-order valence-electron chi connectivity index (χ0n) is 17.9. The van der Waals surface area contributed by atoms with Crippen molar-refractivity contribution in [1.29, 1.82) is 0 Å². The minimum atomic E-state index is 0.0492. The van der Waals surface area contributed by atoms with E-state index in [1.807, 2.05) is 0 Å². The van der Waals surface area contributed by atoms with Crippen molar-refractivity contribution >= 4 is 5.91 Å². The maximum Gasteiger partial charge on any atom is 0.234 e. The molecular weight excluding hydrogens is 362 g/mol. The lowest BCUT2D eigenvalue weighted by atomic mass is 9.89. The average molecular weight is 400 g/mol. The van der Waals surface area contributed by atoms with Crippen molar-refractivity contribution < 1.29 is 9.90 Å². The normalized spacial score (nSPS) is 26.4. The lowest BCUT2D eigenvalue weighted by Crippen LogP contribution is -2.46. The molecule has 0 spiro atoms. The van der Waals surface area contributed by atoms with Gasteiger partial charge in [-0.1, -0.05) is 18.2 Å². The van der Waals surface area contributed by atoms with Crippen LogP contribution in [0.3, 0.4) is 0 Å². The molecule has 1 aliphatic carbocycles. The molecule has 0 aromatic heterocycles. The fourth-order valence-electron chi connectivity index (χ4n) is 5.50. The van der Waals surface area contributed by atoms with E-state index in [1.54, 1.807) is 0 Å². The summed E-state index contributed by atoms with van der Waals surface area (Å²) in [6.07, 6.45) is 9.54. The van der Waals surface area contributed by atoms with Gasteiger partial charge in [-0.25, -0.2) is 0 Å². The second-order valence-electron chi connectivity index (χ2n) is 9.26. The van der Waals surface area contributed by atoms with Crippen molar-refractivity contribution in [2.24, 2.45) is 0 Å². The fraction of sp³-hybridized carbons (Fsp3) is 0.708. The minimum absolute atomic E-state index is 0.0492.